The standard InChI is InChI=1S/C29H32N2O2S/c1-21(2)19-26(23-11-7-4-8-12-23)30-28(33)24-13-15-25(16-14-24)29-31(27(32)20-34-29)18-17-22-9-5-3-6-10-22/h3-16,21,26,29H,17-20H2,1-2H3,(H,30,33)/t26-,29+/m1/s1. The molecule has 2 amide bonds. The van der Waals surface area contributed by atoms with Crippen molar-refractivity contribution >= 4 is 23.6 Å². The molecular weight excluding hydrogens is 440 g/mol. The number of rotatable bonds is 9. The molecule has 0 unspecified atom stereocenters. The highest BCUT2D eigenvalue weighted by Crippen LogP contribution is 2.38. The van der Waals surface area contributed by atoms with Crippen LogP contribution in [0, 0.1) is 5.92 Å². The third-order valence-corrected chi connectivity index (χ3v) is 7.38. The number of thioether (sulfide) groups is 1. The Morgan fingerprint density at radius 2 is 1.62 bits per heavy atom. The molecule has 0 spiro atoms. The molecule has 1 saturated heterocycles. The average Bonchev–Trinajstić information content (AvgIpc) is 3.23. The topological polar surface area (TPSA) is 49.4 Å². The van der Waals surface area contributed by atoms with Gasteiger partial charge in [-0.05, 0) is 47.6 Å². The number of benzene rings is 3. The summed E-state index contributed by atoms with van der Waals surface area (Å²) in [5, 5.41) is 3.21. The molecular formula is C29H32N2O2S. The molecule has 0 bridgehead atoms. The van der Waals surface area contributed by atoms with Gasteiger partial charge >= 0.3 is 0 Å². The average molecular weight is 473 g/mol. The normalized spacial score (nSPS) is 16.6. The van der Waals surface area contributed by atoms with Crippen LogP contribution in [0.3, 0.4) is 0 Å². The quantitative estimate of drug-likeness (QED) is 0.414. The molecule has 3 aromatic carbocycles. The van der Waals surface area contributed by atoms with Gasteiger partial charge in [-0.1, -0.05) is 86.6 Å². The third kappa shape index (κ3) is 6.09. The van der Waals surface area contributed by atoms with Gasteiger partial charge in [-0.15, -0.1) is 11.8 Å². The van der Waals surface area contributed by atoms with Crippen molar-refractivity contribution in [2.24, 2.45) is 5.92 Å². The Labute approximate surface area is 206 Å². The van der Waals surface area contributed by atoms with Crippen LogP contribution in [0.1, 0.15) is 58.7 Å². The number of carbonyl (C=O) groups is 2. The Kier molecular flexibility index (Phi) is 8.07. The summed E-state index contributed by atoms with van der Waals surface area (Å²) in [5.74, 6) is 1.06. The maximum atomic E-state index is 13.0. The minimum Gasteiger partial charge on any atom is -0.345 e. The SMILES string of the molecule is CC(C)C[C@@H](NC(=O)c1ccc([C@@H]2SCC(=O)N2CCc2ccccc2)cc1)c1ccccc1. The van der Waals surface area contributed by atoms with Crippen molar-refractivity contribution in [3.05, 3.63) is 107 Å². The van der Waals surface area contributed by atoms with E-state index in [2.05, 4.69) is 43.4 Å². The molecule has 2 atom stereocenters. The summed E-state index contributed by atoms with van der Waals surface area (Å²) < 4.78 is 0. The predicted octanol–water partition coefficient (Wildman–Crippen LogP) is 6.02. The second kappa shape index (κ2) is 11.4. The number of hydrogen-bond acceptors (Lipinski definition) is 3. The van der Waals surface area contributed by atoms with Gasteiger partial charge in [0, 0.05) is 12.1 Å². The lowest BCUT2D eigenvalue weighted by molar-refractivity contribution is -0.128. The van der Waals surface area contributed by atoms with Crippen LogP contribution in [0.15, 0.2) is 84.9 Å². The molecule has 0 saturated carbocycles. The second-order valence-electron chi connectivity index (χ2n) is 9.17. The van der Waals surface area contributed by atoms with E-state index in [4.69, 9.17) is 0 Å². The number of amides is 2. The maximum absolute atomic E-state index is 13.0. The Balaban J connectivity index is 1.43. The van der Waals surface area contributed by atoms with Crippen LogP contribution in [0.2, 0.25) is 0 Å². The van der Waals surface area contributed by atoms with Crippen LogP contribution in [0.25, 0.3) is 0 Å². The molecule has 4 rings (SSSR count). The van der Waals surface area contributed by atoms with E-state index in [1.54, 1.807) is 11.8 Å². The Morgan fingerprint density at radius 3 is 2.26 bits per heavy atom. The van der Waals surface area contributed by atoms with Crippen molar-refractivity contribution in [2.75, 3.05) is 12.3 Å². The van der Waals surface area contributed by atoms with E-state index in [0.29, 0.717) is 23.8 Å². The van der Waals surface area contributed by atoms with Crippen molar-refractivity contribution in [2.45, 2.75) is 38.1 Å². The van der Waals surface area contributed by atoms with Gasteiger partial charge in [0.1, 0.15) is 5.37 Å². The molecule has 3 aromatic rings. The molecule has 1 N–H and O–H groups in total. The van der Waals surface area contributed by atoms with Crippen molar-refractivity contribution in [1.29, 1.82) is 0 Å². The number of nitrogens with zero attached hydrogens (tertiary/aromatic N) is 1. The van der Waals surface area contributed by atoms with Crippen LogP contribution in [-0.2, 0) is 11.2 Å². The Bertz CT molecular complexity index is 1080. The molecule has 0 radical (unpaired) electrons. The van der Waals surface area contributed by atoms with E-state index in [9.17, 15) is 9.59 Å². The highest BCUT2D eigenvalue weighted by Gasteiger charge is 2.32. The second-order valence-corrected chi connectivity index (χ2v) is 10.2. The molecule has 1 fully saturated rings. The van der Waals surface area contributed by atoms with Gasteiger partial charge in [-0.3, -0.25) is 9.59 Å². The molecule has 1 aliphatic heterocycles. The highest BCUT2D eigenvalue weighted by molar-refractivity contribution is 8.00. The van der Waals surface area contributed by atoms with Gasteiger partial charge in [0.15, 0.2) is 0 Å². The number of carbonyl (C=O) groups excluding carboxylic acids is 2. The summed E-state index contributed by atoms with van der Waals surface area (Å²) in [4.78, 5) is 27.5. The lowest BCUT2D eigenvalue weighted by Crippen LogP contribution is -2.30. The van der Waals surface area contributed by atoms with Gasteiger partial charge in [0.2, 0.25) is 5.91 Å². The lowest BCUT2D eigenvalue weighted by Gasteiger charge is -2.25. The summed E-state index contributed by atoms with van der Waals surface area (Å²) >= 11 is 1.65. The predicted molar refractivity (Wildman–Crippen MR) is 140 cm³/mol. The molecule has 1 heterocycles. The fourth-order valence-electron chi connectivity index (χ4n) is 4.34. The summed E-state index contributed by atoms with van der Waals surface area (Å²) in [6.07, 6.45) is 1.71. The summed E-state index contributed by atoms with van der Waals surface area (Å²) in [6, 6.07) is 28.1. The highest BCUT2D eigenvalue weighted by atomic mass is 32.2. The molecule has 1 aliphatic rings. The lowest BCUT2D eigenvalue weighted by atomic mass is 9.96. The van der Waals surface area contributed by atoms with Crippen molar-refractivity contribution in [3.63, 3.8) is 0 Å². The zero-order chi connectivity index (χ0) is 23.9. The summed E-state index contributed by atoms with van der Waals surface area (Å²) in [7, 11) is 0. The first-order chi connectivity index (χ1) is 16.5. The van der Waals surface area contributed by atoms with Crippen LogP contribution < -0.4 is 5.32 Å². The van der Waals surface area contributed by atoms with Crippen LogP contribution in [-0.4, -0.2) is 29.0 Å². The minimum atomic E-state index is -0.0721. The Morgan fingerprint density at radius 1 is 0.971 bits per heavy atom. The third-order valence-electron chi connectivity index (χ3n) is 6.12. The van der Waals surface area contributed by atoms with E-state index in [1.165, 1.54) is 5.56 Å². The van der Waals surface area contributed by atoms with Crippen molar-refractivity contribution in [1.82, 2.24) is 10.2 Å². The van der Waals surface area contributed by atoms with Crippen LogP contribution in [0.4, 0.5) is 0 Å². The summed E-state index contributed by atoms with van der Waals surface area (Å²) in [6.45, 7) is 5.03. The van der Waals surface area contributed by atoms with E-state index in [1.807, 2.05) is 65.6 Å². The molecule has 0 aromatic heterocycles. The zero-order valence-electron chi connectivity index (χ0n) is 19.8. The van der Waals surface area contributed by atoms with E-state index < -0.39 is 0 Å². The van der Waals surface area contributed by atoms with E-state index in [0.717, 1.165) is 24.0 Å². The largest absolute Gasteiger partial charge is 0.345 e. The van der Waals surface area contributed by atoms with Crippen molar-refractivity contribution in [3.8, 4) is 0 Å². The van der Waals surface area contributed by atoms with Gasteiger partial charge in [-0.25, -0.2) is 0 Å². The van der Waals surface area contributed by atoms with Gasteiger partial charge in [-0.2, -0.15) is 0 Å². The fraction of sp³-hybridized carbons (Fsp3) is 0.310. The van der Waals surface area contributed by atoms with Gasteiger partial charge in [0.25, 0.3) is 5.91 Å². The Hall–Kier alpha value is -3.05. The first kappa shape index (κ1) is 24.1. The monoisotopic (exact) mass is 472 g/mol. The number of nitrogens with one attached hydrogen (secondary N) is 1. The van der Waals surface area contributed by atoms with E-state index in [-0.39, 0.29) is 23.2 Å². The maximum Gasteiger partial charge on any atom is 0.251 e. The smallest absolute Gasteiger partial charge is 0.251 e. The number of hydrogen-bond donors (Lipinski definition) is 1. The van der Waals surface area contributed by atoms with Crippen LogP contribution in [0.5, 0.6) is 0 Å². The zero-order valence-corrected chi connectivity index (χ0v) is 20.6. The molecule has 5 heteroatoms. The van der Waals surface area contributed by atoms with Crippen molar-refractivity contribution < 1.29 is 9.59 Å². The van der Waals surface area contributed by atoms with Crippen LogP contribution >= 0.6 is 11.8 Å². The van der Waals surface area contributed by atoms with Gasteiger partial charge < -0.3 is 10.2 Å². The fourth-order valence-corrected chi connectivity index (χ4v) is 5.56. The first-order valence-corrected chi connectivity index (χ1v) is 13.0. The van der Waals surface area contributed by atoms with E-state index >= 15 is 0 Å². The first-order valence-electron chi connectivity index (χ1n) is 11.9. The molecule has 34 heavy (non-hydrogen) atoms. The minimum absolute atomic E-state index is 0.00803. The summed E-state index contributed by atoms with van der Waals surface area (Å²) in [5.41, 5.74) is 4.05. The van der Waals surface area contributed by atoms with Gasteiger partial charge in [0.05, 0.1) is 11.8 Å². The molecule has 0 aliphatic carbocycles. The molecule has 176 valence electrons. The molecule has 4 nitrogen and oxygen atoms in total.